The van der Waals surface area contributed by atoms with Crippen LogP contribution in [0, 0.1) is 34.5 Å². The van der Waals surface area contributed by atoms with Crippen LogP contribution in [0.5, 0.6) is 0 Å². The Morgan fingerprint density at radius 1 is 1.03 bits per heavy atom. The number of hydrogen-bond donors (Lipinski definition) is 1. The molecule has 0 amide bonds. The minimum atomic E-state index is -0.994. The van der Waals surface area contributed by atoms with Crippen LogP contribution in [0.15, 0.2) is 12.2 Å². The maximum absolute atomic E-state index is 15.4. The van der Waals surface area contributed by atoms with Crippen LogP contribution in [-0.2, 0) is 18.9 Å². The van der Waals surface area contributed by atoms with Gasteiger partial charge in [-0.25, -0.2) is 4.39 Å². The van der Waals surface area contributed by atoms with Gasteiger partial charge in [-0.2, -0.15) is 0 Å². The van der Waals surface area contributed by atoms with Crippen LogP contribution in [-0.4, -0.2) is 61.3 Å². The molecule has 6 heteroatoms. The molecule has 8 aliphatic rings. The van der Waals surface area contributed by atoms with Crippen molar-refractivity contribution in [2.24, 2.45) is 34.5 Å². The van der Waals surface area contributed by atoms with E-state index < -0.39 is 23.7 Å². The molecular weight excluding hydrogens is 399 g/mol. The monoisotopic (exact) mass is 436 g/mol. The molecule has 0 aromatic rings. The maximum atomic E-state index is 15.4. The van der Waals surface area contributed by atoms with Gasteiger partial charge in [0.05, 0.1) is 38.1 Å². The molecule has 5 nitrogen and oxygen atoms in total. The number of ether oxygens (including phenoxy) is 4. The van der Waals surface area contributed by atoms with E-state index in [2.05, 4.69) is 27.4 Å². The Kier molecular flexibility index (Phi) is 4.43. The molecule has 4 aliphatic heterocycles. The topological polar surface area (TPSA) is 57.2 Å². The van der Waals surface area contributed by atoms with Crippen molar-refractivity contribution >= 4 is 0 Å². The normalized spacial score (nSPS) is 60.9. The predicted molar refractivity (Wildman–Crippen MR) is 112 cm³/mol. The highest BCUT2D eigenvalue weighted by molar-refractivity contribution is 5.29. The van der Waals surface area contributed by atoms with E-state index in [9.17, 15) is 5.11 Å². The summed E-state index contributed by atoms with van der Waals surface area (Å²) < 4.78 is 40.5. The van der Waals surface area contributed by atoms with Crippen LogP contribution in [0.4, 0.5) is 4.39 Å². The van der Waals surface area contributed by atoms with Crippen molar-refractivity contribution in [1.29, 1.82) is 0 Å². The molecule has 0 radical (unpaired) electrons. The third-order valence-corrected chi connectivity index (χ3v) is 10.8. The van der Waals surface area contributed by atoms with E-state index in [1.165, 1.54) is 0 Å². The summed E-state index contributed by atoms with van der Waals surface area (Å²) in [5.74, 6) is -0.313. The van der Waals surface area contributed by atoms with E-state index in [0.717, 1.165) is 18.4 Å². The lowest BCUT2D eigenvalue weighted by Gasteiger charge is -2.69. The summed E-state index contributed by atoms with van der Waals surface area (Å²) in [5.41, 5.74) is -0.497. The molecule has 4 saturated heterocycles. The maximum Gasteiger partial charge on any atom is 0.197 e. The summed E-state index contributed by atoms with van der Waals surface area (Å²) in [6.07, 6.45) is 1.69. The van der Waals surface area contributed by atoms with Gasteiger partial charge in [0, 0.05) is 17.3 Å². The Morgan fingerprint density at radius 3 is 2.42 bits per heavy atom. The van der Waals surface area contributed by atoms with Gasteiger partial charge >= 0.3 is 0 Å². The minimum absolute atomic E-state index is 0.0385. The first-order valence-corrected chi connectivity index (χ1v) is 12.2. The summed E-state index contributed by atoms with van der Waals surface area (Å²) in [6.45, 7) is 12.8. The van der Waals surface area contributed by atoms with E-state index in [4.69, 9.17) is 18.9 Å². The molecule has 8 bridgehead atoms. The predicted octanol–water partition coefficient (Wildman–Crippen LogP) is 3.64. The van der Waals surface area contributed by atoms with Gasteiger partial charge in [-0.05, 0) is 49.4 Å². The van der Waals surface area contributed by atoms with Crippen LogP contribution >= 0.6 is 0 Å². The van der Waals surface area contributed by atoms with Gasteiger partial charge in [0.2, 0.25) is 0 Å². The number of halogens is 1. The molecule has 1 N–H and O–H groups in total. The zero-order valence-corrected chi connectivity index (χ0v) is 19.1. The molecule has 11 atom stereocenters. The second kappa shape index (κ2) is 6.53. The Morgan fingerprint density at radius 2 is 1.71 bits per heavy atom. The van der Waals surface area contributed by atoms with Crippen LogP contribution < -0.4 is 0 Å². The van der Waals surface area contributed by atoms with Crippen molar-refractivity contribution in [2.45, 2.75) is 82.6 Å². The summed E-state index contributed by atoms with van der Waals surface area (Å²) in [4.78, 5) is 0. The average Bonchev–Trinajstić information content (AvgIpc) is 2.97. The van der Waals surface area contributed by atoms with E-state index >= 15 is 4.39 Å². The number of aliphatic hydroxyl groups is 1. The van der Waals surface area contributed by atoms with Crippen LogP contribution in [0.25, 0.3) is 0 Å². The van der Waals surface area contributed by atoms with Crippen molar-refractivity contribution in [3.63, 3.8) is 0 Å². The molecule has 174 valence electrons. The zero-order chi connectivity index (χ0) is 21.8. The standard InChI is InChI=1S/C25H37FO5/c1-14-12-24(27)13-25-20(28-7-9-30-25)15(2)23(24,4)16-5-6-22(3)17(19(14)16)11-18(26)21(22)29-8-10-31-25/h15-21,27H,1,5-13H2,2-4H3/t15-,16?,17-,18?,19-,20?,21?,22+,23-,24?,25?/m1/s1. The van der Waals surface area contributed by atoms with Gasteiger partial charge in [-0.1, -0.05) is 32.9 Å². The van der Waals surface area contributed by atoms with Crippen LogP contribution in [0.2, 0.25) is 0 Å². The molecule has 8 rings (SSSR count). The summed E-state index contributed by atoms with van der Waals surface area (Å²) in [5, 5.41) is 12.3. The van der Waals surface area contributed by atoms with E-state index in [0.29, 0.717) is 45.7 Å². The third-order valence-electron chi connectivity index (χ3n) is 10.8. The minimum Gasteiger partial charge on any atom is -0.389 e. The van der Waals surface area contributed by atoms with Gasteiger partial charge in [-0.3, -0.25) is 0 Å². The smallest absolute Gasteiger partial charge is 0.197 e. The molecule has 4 saturated carbocycles. The van der Waals surface area contributed by atoms with Gasteiger partial charge < -0.3 is 24.1 Å². The van der Waals surface area contributed by atoms with Gasteiger partial charge in [0.1, 0.15) is 12.3 Å². The molecule has 6 unspecified atom stereocenters. The molecule has 31 heavy (non-hydrogen) atoms. The Balaban J connectivity index is 1.53. The molecule has 4 heterocycles. The number of hydrogen-bond acceptors (Lipinski definition) is 5. The van der Waals surface area contributed by atoms with Gasteiger partial charge in [0.15, 0.2) is 5.79 Å². The molecule has 0 aromatic heterocycles. The molecule has 0 aromatic carbocycles. The largest absolute Gasteiger partial charge is 0.389 e. The van der Waals surface area contributed by atoms with Crippen LogP contribution in [0.3, 0.4) is 0 Å². The Hall–Kier alpha value is -0.530. The number of fused-ring (bicyclic) bond motifs is 1. The quantitative estimate of drug-likeness (QED) is 0.588. The summed E-state index contributed by atoms with van der Waals surface area (Å²) in [7, 11) is 0. The fourth-order valence-electron chi connectivity index (χ4n) is 9.21. The first-order chi connectivity index (χ1) is 14.7. The lowest BCUT2D eigenvalue weighted by atomic mass is 9.39. The van der Waals surface area contributed by atoms with Crippen LogP contribution in [0.1, 0.15) is 52.9 Å². The fraction of sp³-hybridized carbons (Fsp3) is 0.920. The second-order valence-electron chi connectivity index (χ2n) is 11.7. The van der Waals surface area contributed by atoms with Gasteiger partial charge in [-0.15, -0.1) is 0 Å². The van der Waals surface area contributed by atoms with E-state index in [1.807, 2.05) is 0 Å². The van der Waals surface area contributed by atoms with Crippen molar-refractivity contribution in [3.05, 3.63) is 12.2 Å². The average molecular weight is 437 g/mol. The molecule has 1 spiro atoms. The highest BCUT2D eigenvalue weighted by atomic mass is 19.1. The van der Waals surface area contributed by atoms with Crippen molar-refractivity contribution < 1.29 is 28.4 Å². The SMILES string of the molecule is C=C1CC2(O)CC34OCCOC3[C@@H](C)[C@]2(C)C2CC[C@]3(C)C(OCCO4)C(F)C[C@@H]3[C@H]12. The van der Waals surface area contributed by atoms with Gasteiger partial charge in [0.25, 0.3) is 0 Å². The first-order valence-electron chi connectivity index (χ1n) is 12.2. The Labute approximate surface area is 184 Å². The first kappa shape index (κ1) is 21.0. The van der Waals surface area contributed by atoms with E-state index in [-0.39, 0.29) is 40.6 Å². The van der Waals surface area contributed by atoms with Crippen molar-refractivity contribution in [1.82, 2.24) is 0 Å². The van der Waals surface area contributed by atoms with Crippen molar-refractivity contribution in [3.8, 4) is 0 Å². The number of rotatable bonds is 0. The van der Waals surface area contributed by atoms with Crippen molar-refractivity contribution in [2.75, 3.05) is 26.4 Å². The Bertz CT molecular complexity index is 790. The summed E-state index contributed by atoms with van der Waals surface area (Å²) in [6, 6.07) is 0. The molecule has 4 aliphatic carbocycles. The zero-order valence-electron chi connectivity index (χ0n) is 19.1. The third kappa shape index (κ3) is 2.44. The lowest BCUT2D eigenvalue weighted by Crippen LogP contribution is -2.74. The highest BCUT2D eigenvalue weighted by Crippen LogP contribution is 2.71. The number of alkyl halides is 1. The molecular formula is C25H37FO5. The van der Waals surface area contributed by atoms with E-state index in [1.54, 1.807) is 0 Å². The molecule has 8 fully saturated rings. The fourth-order valence-corrected chi connectivity index (χ4v) is 9.21. The summed E-state index contributed by atoms with van der Waals surface area (Å²) >= 11 is 0. The lowest BCUT2D eigenvalue weighted by molar-refractivity contribution is -0.395. The highest BCUT2D eigenvalue weighted by Gasteiger charge is 2.73. The second-order valence-corrected chi connectivity index (χ2v) is 11.7.